The molecule has 5 heteroatoms. The van der Waals surface area contributed by atoms with Crippen LogP contribution in [0.3, 0.4) is 0 Å². The van der Waals surface area contributed by atoms with Crippen LogP contribution in [0.2, 0.25) is 0 Å². The molecular formula is C19H19NO4. The molecule has 1 aliphatic rings. The Morgan fingerprint density at radius 3 is 2.29 bits per heavy atom. The van der Waals surface area contributed by atoms with Crippen LogP contribution in [0.4, 0.5) is 10.5 Å². The van der Waals surface area contributed by atoms with E-state index >= 15 is 0 Å². The van der Waals surface area contributed by atoms with Crippen LogP contribution < -0.4 is 4.90 Å². The summed E-state index contributed by atoms with van der Waals surface area (Å²) in [6, 6.07) is 16.9. The molecule has 0 aliphatic carbocycles. The van der Waals surface area contributed by atoms with Crippen molar-refractivity contribution >= 4 is 17.7 Å². The lowest BCUT2D eigenvalue weighted by molar-refractivity contribution is -0.149. The van der Waals surface area contributed by atoms with Crippen molar-refractivity contribution < 1.29 is 19.1 Å². The Hall–Kier alpha value is -2.82. The van der Waals surface area contributed by atoms with Gasteiger partial charge in [-0.15, -0.1) is 0 Å². The molecule has 0 saturated carbocycles. The van der Waals surface area contributed by atoms with E-state index in [2.05, 4.69) is 0 Å². The zero-order chi connectivity index (χ0) is 17.3. The van der Waals surface area contributed by atoms with Crippen molar-refractivity contribution in [3.8, 4) is 0 Å². The molecule has 0 spiro atoms. The monoisotopic (exact) mass is 325 g/mol. The quantitative estimate of drug-likeness (QED) is 0.788. The first-order valence-corrected chi connectivity index (χ1v) is 7.70. The Kier molecular flexibility index (Phi) is 4.01. The number of amides is 1. The van der Waals surface area contributed by atoms with Crippen molar-refractivity contribution in [2.24, 2.45) is 0 Å². The van der Waals surface area contributed by atoms with Crippen LogP contribution >= 0.6 is 0 Å². The lowest BCUT2D eigenvalue weighted by Crippen LogP contribution is -2.48. The average Bonchev–Trinajstić information content (AvgIpc) is 2.84. The van der Waals surface area contributed by atoms with Crippen LogP contribution in [-0.2, 0) is 19.8 Å². The molecule has 124 valence electrons. The topological polar surface area (TPSA) is 55.8 Å². The van der Waals surface area contributed by atoms with E-state index in [0.29, 0.717) is 5.69 Å². The minimum atomic E-state index is -0.899. The van der Waals surface area contributed by atoms with Crippen molar-refractivity contribution in [2.45, 2.75) is 25.5 Å². The van der Waals surface area contributed by atoms with Gasteiger partial charge in [0.15, 0.2) is 6.10 Å². The highest BCUT2D eigenvalue weighted by Gasteiger charge is 2.54. The van der Waals surface area contributed by atoms with Gasteiger partial charge < -0.3 is 9.47 Å². The van der Waals surface area contributed by atoms with Gasteiger partial charge in [-0.3, -0.25) is 9.69 Å². The summed E-state index contributed by atoms with van der Waals surface area (Å²) in [5, 5.41) is 0. The second kappa shape index (κ2) is 6.00. The lowest BCUT2D eigenvalue weighted by atomic mass is 9.85. The number of carbonyl (C=O) groups excluding carboxylic acids is 2. The van der Waals surface area contributed by atoms with Gasteiger partial charge in [0.25, 0.3) is 0 Å². The predicted octanol–water partition coefficient (Wildman–Crippen LogP) is 3.79. The standard InChI is InChI=1S/C19H19NO4/c1-13(21)24-17-15-11-7-8-12-16(15)20(18(22)23-3)19(17,2)14-9-5-4-6-10-14/h4-12,17H,1-3H3/t17-,19+/m1/s1. The van der Waals surface area contributed by atoms with Crippen LogP contribution in [0.15, 0.2) is 54.6 Å². The molecule has 1 heterocycles. The Morgan fingerprint density at radius 1 is 1.04 bits per heavy atom. The third-order valence-electron chi connectivity index (χ3n) is 4.43. The zero-order valence-corrected chi connectivity index (χ0v) is 13.9. The molecule has 1 aliphatic heterocycles. The van der Waals surface area contributed by atoms with E-state index in [1.165, 1.54) is 14.0 Å². The van der Waals surface area contributed by atoms with E-state index in [1.807, 2.05) is 61.5 Å². The zero-order valence-electron chi connectivity index (χ0n) is 13.9. The second-order valence-corrected chi connectivity index (χ2v) is 5.87. The van der Waals surface area contributed by atoms with Crippen LogP contribution in [0.1, 0.15) is 31.1 Å². The van der Waals surface area contributed by atoms with Crippen molar-refractivity contribution in [2.75, 3.05) is 12.0 Å². The van der Waals surface area contributed by atoms with E-state index < -0.39 is 23.7 Å². The summed E-state index contributed by atoms with van der Waals surface area (Å²) in [5.41, 5.74) is 1.42. The van der Waals surface area contributed by atoms with Gasteiger partial charge in [-0.1, -0.05) is 48.5 Å². The SMILES string of the molecule is COC(=O)N1c2ccccc2[C@@H](OC(C)=O)[C@]1(C)c1ccccc1. The minimum absolute atomic E-state index is 0.399. The first-order chi connectivity index (χ1) is 11.5. The number of carbonyl (C=O) groups is 2. The summed E-state index contributed by atoms with van der Waals surface area (Å²) in [6.07, 6.45) is -1.11. The van der Waals surface area contributed by atoms with Crippen molar-refractivity contribution in [3.63, 3.8) is 0 Å². The van der Waals surface area contributed by atoms with Gasteiger partial charge in [0.1, 0.15) is 5.54 Å². The molecule has 5 nitrogen and oxygen atoms in total. The number of methoxy groups -OCH3 is 1. The molecule has 2 aromatic rings. The van der Waals surface area contributed by atoms with E-state index in [-0.39, 0.29) is 0 Å². The maximum Gasteiger partial charge on any atom is 0.414 e. The Labute approximate surface area is 140 Å². The van der Waals surface area contributed by atoms with E-state index in [0.717, 1.165) is 11.1 Å². The highest BCUT2D eigenvalue weighted by atomic mass is 16.6. The molecule has 1 amide bonds. The smallest absolute Gasteiger partial charge is 0.414 e. The summed E-state index contributed by atoms with van der Waals surface area (Å²) in [7, 11) is 1.34. The number of hydrogen-bond acceptors (Lipinski definition) is 4. The Balaban J connectivity index is 2.25. The maximum atomic E-state index is 12.6. The third kappa shape index (κ3) is 2.33. The number of para-hydroxylation sites is 1. The number of anilines is 1. The third-order valence-corrected chi connectivity index (χ3v) is 4.43. The largest absolute Gasteiger partial charge is 0.455 e. The number of fused-ring (bicyclic) bond motifs is 1. The number of nitrogens with zero attached hydrogens (tertiary/aromatic N) is 1. The van der Waals surface area contributed by atoms with Gasteiger partial charge in [0.05, 0.1) is 12.8 Å². The first kappa shape index (κ1) is 16.1. The molecule has 0 bridgehead atoms. The van der Waals surface area contributed by atoms with Crippen LogP contribution in [0, 0.1) is 0 Å². The van der Waals surface area contributed by atoms with Gasteiger partial charge in [-0.25, -0.2) is 4.79 Å². The van der Waals surface area contributed by atoms with Gasteiger partial charge >= 0.3 is 12.1 Å². The van der Waals surface area contributed by atoms with Crippen LogP contribution in [0.5, 0.6) is 0 Å². The van der Waals surface area contributed by atoms with Gasteiger partial charge in [0, 0.05) is 12.5 Å². The Bertz CT molecular complexity index is 774. The molecule has 0 fully saturated rings. The van der Waals surface area contributed by atoms with Crippen molar-refractivity contribution in [3.05, 3.63) is 65.7 Å². The summed E-state index contributed by atoms with van der Waals surface area (Å²) < 4.78 is 10.7. The molecule has 3 rings (SSSR count). The highest BCUT2D eigenvalue weighted by molar-refractivity contribution is 5.93. The second-order valence-electron chi connectivity index (χ2n) is 5.87. The molecule has 0 aromatic heterocycles. The molecule has 2 aromatic carbocycles. The maximum absolute atomic E-state index is 12.6. The Morgan fingerprint density at radius 2 is 1.67 bits per heavy atom. The molecule has 0 N–H and O–H groups in total. The number of hydrogen-bond donors (Lipinski definition) is 0. The fourth-order valence-electron chi connectivity index (χ4n) is 3.36. The number of benzene rings is 2. The van der Waals surface area contributed by atoms with Crippen LogP contribution in [0.25, 0.3) is 0 Å². The first-order valence-electron chi connectivity index (χ1n) is 7.70. The lowest BCUT2D eigenvalue weighted by Gasteiger charge is -2.38. The fraction of sp³-hybridized carbons (Fsp3) is 0.263. The van der Waals surface area contributed by atoms with Crippen LogP contribution in [-0.4, -0.2) is 19.2 Å². The normalized spacial score (nSPS) is 22.0. The average molecular weight is 325 g/mol. The number of rotatable bonds is 2. The van der Waals surface area contributed by atoms with Crippen molar-refractivity contribution in [1.82, 2.24) is 0 Å². The number of ether oxygens (including phenoxy) is 2. The van der Waals surface area contributed by atoms with Gasteiger partial charge in [0.2, 0.25) is 0 Å². The predicted molar refractivity (Wildman–Crippen MR) is 89.6 cm³/mol. The summed E-state index contributed by atoms with van der Waals surface area (Å²) in [5.74, 6) is -0.399. The summed E-state index contributed by atoms with van der Waals surface area (Å²) in [4.78, 5) is 25.8. The summed E-state index contributed by atoms with van der Waals surface area (Å²) in [6.45, 7) is 3.25. The fourth-order valence-corrected chi connectivity index (χ4v) is 3.36. The summed E-state index contributed by atoms with van der Waals surface area (Å²) >= 11 is 0. The van der Waals surface area contributed by atoms with E-state index in [1.54, 1.807) is 4.90 Å². The van der Waals surface area contributed by atoms with E-state index in [9.17, 15) is 9.59 Å². The molecule has 2 atom stereocenters. The molecule has 0 radical (unpaired) electrons. The molecule has 24 heavy (non-hydrogen) atoms. The van der Waals surface area contributed by atoms with Crippen molar-refractivity contribution in [1.29, 1.82) is 0 Å². The van der Waals surface area contributed by atoms with E-state index in [4.69, 9.17) is 9.47 Å². The minimum Gasteiger partial charge on any atom is -0.455 e. The molecular weight excluding hydrogens is 306 g/mol. The molecule has 0 unspecified atom stereocenters. The van der Waals surface area contributed by atoms with Gasteiger partial charge in [-0.05, 0) is 18.6 Å². The number of esters is 1. The molecule has 0 saturated heterocycles. The van der Waals surface area contributed by atoms with Gasteiger partial charge in [-0.2, -0.15) is 0 Å². The highest BCUT2D eigenvalue weighted by Crippen LogP contribution is 2.53.